The molecule has 1 N–H and O–H groups in total. The van der Waals surface area contributed by atoms with Crippen molar-refractivity contribution in [3.8, 4) is 5.75 Å². The minimum absolute atomic E-state index is 0.0800. The van der Waals surface area contributed by atoms with Crippen LogP contribution < -0.4 is 10.1 Å². The van der Waals surface area contributed by atoms with Crippen molar-refractivity contribution in [1.82, 2.24) is 10.2 Å². The van der Waals surface area contributed by atoms with Crippen molar-refractivity contribution in [2.75, 3.05) is 26.2 Å². The van der Waals surface area contributed by atoms with Gasteiger partial charge in [0.25, 0.3) is 0 Å². The van der Waals surface area contributed by atoms with Gasteiger partial charge in [0, 0.05) is 25.6 Å². The smallest absolute Gasteiger partial charge is 0.317 e. The van der Waals surface area contributed by atoms with Gasteiger partial charge < -0.3 is 15.0 Å². The van der Waals surface area contributed by atoms with Crippen molar-refractivity contribution >= 4 is 6.03 Å². The van der Waals surface area contributed by atoms with Crippen LogP contribution in [0.5, 0.6) is 5.75 Å². The summed E-state index contributed by atoms with van der Waals surface area (Å²) in [4.78, 5) is 13.8. The number of carbonyl (C=O) groups excluding carboxylic acids is 1. The molecule has 0 aromatic heterocycles. The average molecular weight is 260 g/mol. The predicted octanol–water partition coefficient (Wildman–Crippen LogP) is 2.04. The summed E-state index contributed by atoms with van der Waals surface area (Å²) in [5.41, 5.74) is 1.24. The third-order valence-corrected chi connectivity index (χ3v) is 3.89. The van der Waals surface area contributed by atoms with Crippen LogP contribution >= 0.6 is 0 Å². The van der Waals surface area contributed by atoms with E-state index in [1.54, 1.807) is 0 Å². The molecule has 0 unspecified atom stereocenters. The van der Waals surface area contributed by atoms with Crippen LogP contribution in [0.15, 0.2) is 24.3 Å². The maximum absolute atomic E-state index is 11.9. The molecular weight excluding hydrogens is 240 g/mol. The predicted molar refractivity (Wildman–Crippen MR) is 73.3 cm³/mol. The molecular formula is C15H20N2O2. The molecule has 4 nitrogen and oxygen atoms in total. The minimum atomic E-state index is 0.0800. The van der Waals surface area contributed by atoms with Crippen LogP contribution in [0.4, 0.5) is 4.79 Å². The number of rotatable bonds is 2. The maximum Gasteiger partial charge on any atom is 0.317 e. The molecule has 2 aliphatic heterocycles. The molecule has 1 aromatic rings. The Morgan fingerprint density at radius 1 is 1.32 bits per heavy atom. The monoisotopic (exact) mass is 260 g/mol. The normalized spacial score (nSPS) is 21.7. The van der Waals surface area contributed by atoms with Crippen LogP contribution in [0.2, 0.25) is 0 Å². The van der Waals surface area contributed by atoms with Gasteiger partial charge in [-0.1, -0.05) is 18.2 Å². The van der Waals surface area contributed by atoms with Gasteiger partial charge in [0.15, 0.2) is 0 Å². The van der Waals surface area contributed by atoms with Gasteiger partial charge in [0.1, 0.15) is 5.75 Å². The number of amides is 2. The van der Waals surface area contributed by atoms with Crippen LogP contribution in [0.3, 0.4) is 0 Å². The zero-order chi connectivity index (χ0) is 13.1. The highest BCUT2D eigenvalue weighted by molar-refractivity contribution is 5.74. The van der Waals surface area contributed by atoms with E-state index in [1.165, 1.54) is 5.56 Å². The van der Waals surface area contributed by atoms with Gasteiger partial charge in [-0.15, -0.1) is 0 Å². The lowest BCUT2D eigenvalue weighted by molar-refractivity contribution is 0.194. The first-order valence-electron chi connectivity index (χ1n) is 7.06. The highest BCUT2D eigenvalue weighted by Gasteiger charge is 2.22. The van der Waals surface area contributed by atoms with Gasteiger partial charge >= 0.3 is 6.03 Å². The SMILES string of the molecule is O=C(NC[C@@H]1COc2ccccc2C1)N1CCCC1. The van der Waals surface area contributed by atoms with Crippen LogP contribution in [0.25, 0.3) is 0 Å². The topological polar surface area (TPSA) is 41.6 Å². The molecule has 1 aromatic carbocycles. The Morgan fingerprint density at radius 3 is 2.95 bits per heavy atom. The molecule has 3 rings (SSSR count). The zero-order valence-electron chi connectivity index (χ0n) is 11.1. The van der Waals surface area contributed by atoms with E-state index in [4.69, 9.17) is 4.74 Å². The summed E-state index contributed by atoms with van der Waals surface area (Å²) in [6, 6.07) is 8.22. The first kappa shape index (κ1) is 12.3. The molecule has 102 valence electrons. The van der Waals surface area contributed by atoms with E-state index in [0.717, 1.165) is 38.1 Å². The van der Waals surface area contributed by atoms with Crippen molar-refractivity contribution in [2.24, 2.45) is 5.92 Å². The third-order valence-electron chi connectivity index (χ3n) is 3.89. The lowest BCUT2D eigenvalue weighted by atomic mass is 9.97. The number of fused-ring (bicyclic) bond motifs is 1. The van der Waals surface area contributed by atoms with Crippen molar-refractivity contribution in [2.45, 2.75) is 19.3 Å². The van der Waals surface area contributed by atoms with E-state index in [-0.39, 0.29) is 6.03 Å². The summed E-state index contributed by atoms with van der Waals surface area (Å²) in [7, 11) is 0. The van der Waals surface area contributed by atoms with Crippen LogP contribution in [0.1, 0.15) is 18.4 Å². The van der Waals surface area contributed by atoms with E-state index in [9.17, 15) is 4.79 Å². The fourth-order valence-corrected chi connectivity index (χ4v) is 2.79. The molecule has 0 bridgehead atoms. The number of para-hydroxylation sites is 1. The largest absolute Gasteiger partial charge is 0.493 e. The number of benzene rings is 1. The molecule has 0 spiro atoms. The van der Waals surface area contributed by atoms with E-state index in [0.29, 0.717) is 19.1 Å². The Balaban J connectivity index is 1.50. The lowest BCUT2D eigenvalue weighted by Crippen LogP contribution is -2.42. The van der Waals surface area contributed by atoms with Crippen LogP contribution in [-0.2, 0) is 6.42 Å². The fourth-order valence-electron chi connectivity index (χ4n) is 2.79. The number of urea groups is 1. The van der Waals surface area contributed by atoms with Crippen molar-refractivity contribution in [3.63, 3.8) is 0 Å². The second-order valence-corrected chi connectivity index (χ2v) is 5.37. The van der Waals surface area contributed by atoms with Crippen LogP contribution in [-0.4, -0.2) is 37.2 Å². The molecule has 1 atom stereocenters. The summed E-state index contributed by atoms with van der Waals surface area (Å²) >= 11 is 0. The summed E-state index contributed by atoms with van der Waals surface area (Å²) < 4.78 is 5.73. The zero-order valence-corrected chi connectivity index (χ0v) is 11.1. The number of carbonyl (C=O) groups is 1. The molecule has 1 saturated heterocycles. The molecule has 19 heavy (non-hydrogen) atoms. The molecule has 0 radical (unpaired) electrons. The molecule has 2 amide bonds. The fraction of sp³-hybridized carbons (Fsp3) is 0.533. The molecule has 0 aliphatic carbocycles. The molecule has 2 aliphatic rings. The molecule has 0 saturated carbocycles. The van der Waals surface area contributed by atoms with Crippen LogP contribution in [0, 0.1) is 5.92 Å². The number of likely N-dealkylation sites (tertiary alicyclic amines) is 1. The average Bonchev–Trinajstić information content (AvgIpc) is 2.99. The van der Waals surface area contributed by atoms with Gasteiger partial charge in [-0.25, -0.2) is 4.79 Å². The molecule has 1 fully saturated rings. The Labute approximate surface area is 113 Å². The number of ether oxygens (including phenoxy) is 1. The van der Waals surface area contributed by atoms with E-state index < -0.39 is 0 Å². The Morgan fingerprint density at radius 2 is 2.11 bits per heavy atom. The van der Waals surface area contributed by atoms with Gasteiger partial charge in [-0.2, -0.15) is 0 Å². The summed E-state index contributed by atoms with van der Waals surface area (Å²) in [6.07, 6.45) is 3.25. The first-order valence-corrected chi connectivity index (χ1v) is 7.06. The van der Waals surface area contributed by atoms with Gasteiger partial charge in [0.2, 0.25) is 0 Å². The van der Waals surface area contributed by atoms with E-state index in [1.807, 2.05) is 23.1 Å². The minimum Gasteiger partial charge on any atom is -0.493 e. The first-order chi connectivity index (χ1) is 9.33. The number of hydrogen-bond acceptors (Lipinski definition) is 2. The molecule has 2 heterocycles. The lowest BCUT2D eigenvalue weighted by Gasteiger charge is -2.26. The van der Waals surface area contributed by atoms with E-state index in [2.05, 4.69) is 11.4 Å². The van der Waals surface area contributed by atoms with Gasteiger partial charge in [-0.3, -0.25) is 0 Å². The second kappa shape index (κ2) is 5.51. The number of nitrogens with one attached hydrogen (secondary N) is 1. The third kappa shape index (κ3) is 2.83. The summed E-state index contributed by atoms with van der Waals surface area (Å²) in [6.45, 7) is 3.19. The summed E-state index contributed by atoms with van der Waals surface area (Å²) in [5, 5.41) is 3.03. The van der Waals surface area contributed by atoms with Gasteiger partial charge in [0.05, 0.1) is 6.61 Å². The summed E-state index contributed by atoms with van der Waals surface area (Å²) in [5.74, 6) is 1.37. The standard InChI is InChI=1S/C15H20N2O2/c18-15(17-7-3-4-8-17)16-10-12-9-13-5-1-2-6-14(13)19-11-12/h1-2,5-6,12H,3-4,7-11H2,(H,16,18)/t12-/m1/s1. The maximum atomic E-state index is 11.9. The van der Waals surface area contributed by atoms with Crippen molar-refractivity contribution in [1.29, 1.82) is 0 Å². The van der Waals surface area contributed by atoms with E-state index >= 15 is 0 Å². The van der Waals surface area contributed by atoms with Crippen molar-refractivity contribution < 1.29 is 9.53 Å². The second-order valence-electron chi connectivity index (χ2n) is 5.37. The van der Waals surface area contributed by atoms with Crippen molar-refractivity contribution in [3.05, 3.63) is 29.8 Å². The quantitative estimate of drug-likeness (QED) is 0.884. The highest BCUT2D eigenvalue weighted by Crippen LogP contribution is 2.26. The number of nitrogens with zero attached hydrogens (tertiary/aromatic N) is 1. The number of hydrogen-bond donors (Lipinski definition) is 1. The Kier molecular flexibility index (Phi) is 3.58. The van der Waals surface area contributed by atoms with Gasteiger partial charge in [-0.05, 0) is 30.9 Å². The Hall–Kier alpha value is -1.71. The Bertz CT molecular complexity index is 455. The molecule has 4 heteroatoms. The highest BCUT2D eigenvalue weighted by atomic mass is 16.5.